The molecule has 0 amide bonds. The molecule has 0 aromatic heterocycles. The standard InChI is InChI=1S/C16H24O3/c1-4-8-12(3)11-13(5-2)19-15-10-7-6-9-14(15)16(17)18/h6-7,9-10,12-13H,4-5,8,11H2,1-3H3,(H,17,18). The quantitative estimate of drug-likeness (QED) is 0.758. The van der Waals surface area contributed by atoms with Crippen LogP contribution in [0, 0.1) is 5.92 Å². The molecular weight excluding hydrogens is 240 g/mol. The summed E-state index contributed by atoms with van der Waals surface area (Å²) in [6, 6.07) is 6.84. The molecule has 0 heterocycles. The van der Waals surface area contributed by atoms with Gasteiger partial charge in [-0.05, 0) is 30.9 Å². The van der Waals surface area contributed by atoms with Crippen LogP contribution in [0.4, 0.5) is 0 Å². The Morgan fingerprint density at radius 3 is 2.58 bits per heavy atom. The Kier molecular flexibility index (Phi) is 6.40. The number of carbonyl (C=O) groups is 1. The Bertz CT molecular complexity index is 401. The summed E-state index contributed by atoms with van der Waals surface area (Å²) < 4.78 is 5.89. The summed E-state index contributed by atoms with van der Waals surface area (Å²) in [7, 11) is 0. The molecule has 3 nitrogen and oxygen atoms in total. The summed E-state index contributed by atoms with van der Waals surface area (Å²) in [4.78, 5) is 11.1. The van der Waals surface area contributed by atoms with Crippen LogP contribution >= 0.6 is 0 Å². The number of hydrogen-bond donors (Lipinski definition) is 1. The van der Waals surface area contributed by atoms with Gasteiger partial charge in [0, 0.05) is 0 Å². The molecule has 1 rings (SSSR count). The van der Waals surface area contributed by atoms with Crippen molar-refractivity contribution in [3.8, 4) is 5.75 Å². The Morgan fingerprint density at radius 1 is 1.32 bits per heavy atom. The van der Waals surface area contributed by atoms with E-state index in [1.165, 1.54) is 12.8 Å². The number of aromatic carboxylic acids is 1. The van der Waals surface area contributed by atoms with Gasteiger partial charge in [0.15, 0.2) is 0 Å². The van der Waals surface area contributed by atoms with Crippen LogP contribution in [0.2, 0.25) is 0 Å². The first-order chi connectivity index (χ1) is 9.08. The minimum atomic E-state index is -0.938. The Labute approximate surface area is 115 Å². The third-order valence-electron chi connectivity index (χ3n) is 3.31. The van der Waals surface area contributed by atoms with Gasteiger partial charge in [-0.3, -0.25) is 0 Å². The number of carboxylic acids is 1. The number of hydrogen-bond acceptors (Lipinski definition) is 2. The molecule has 0 aliphatic rings. The van der Waals surface area contributed by atoms with Gasteiger partial charge in [0.25, 0.3) is 0 Å². The van der Waals surface area contributed by atoms with Crippen LogP contribution in [0.1, 0.15) is 56.8 Å². The van der Waals surface area contributed by atoms with E-state index < -0.39 is 5.97 Å². The van der Waals surface area contributed by atoms with Gasteiger partial charge in [0.2, 0.25) is 0 Å². The summed E-state index contributed by atoms with van der Waals surface area (Å²) in [5, 5.41) is 9.14. The maximum absolute atomic E-state index is 11.1. The second kappa shape index (κ2) is 7.82. The highest BCUT2D eigenvalue weighted by molar-refractivity contribution is 5.90. The van der Waals surface area contributed by atoms with Crippen molar-refractivity contribution >= 4 is 5.97 Å². The van der Waals surface area contributed by atoms with Crippen molar-refractivity contribution in [3.63, 3.8) is 0 Å². The van der Waals surface area contributed by atoms with E-state index in [1.807, 2.05) is 6.07 Å². The maximum Gasteiger partial charge on any atom is 0.339 e. The zero-order chi connectivity index (χ0) is 14.3. The molecule has 0 aliphatic carbocycles. The van der Waals surface area contributed by atoms with Gasteiger partial charge < -0.3 is 9.84 Å². The topological polar surface area (TPSA) is 46.5 Å². The SMILES string of the molecule is CCCC(C)CC(CC)Oc1ccccc1C(=O)O. The van der Waals surface area contributed by atoms with Crippen LogP contribution in [0.25, 0.3) is 0 Å². The second-order valence-corrected chi connectivity index (χ2v) is 5.08. The van der Waals surface area contributed by atoms with Gasteiger partial charge >= 0.3 is 5.97 Å². The van der Waals surface area contributed by atoms with E-state index in [1.54, 1.807) is 18.2 Å². The summed E-state index contributed by atoms with van der Waals surface area (Å²) in [6.07, 6.45) is 4.30. The van der Waals surface area contributed by atoms with E-state index in [-0.39, 0.29) is 11.7 Å². The maximum atomic E-state index is 11.1. The number of para-hydroxylation sites is 1. The molecular formula is C16H24O3. The van der Waals surface area contributed by atoms with Crippen molar-refractivity contribution in [2.45, 2.75) is 52.6 Å². The lowest BCUT2D eigenvalue weighted by Gasteiger charge is -2.22. The summed E-state index contributed by atoms with van der Waals surface area (Å²) >= 11 is 0. The zero-order valence-electron chi connectivity index (χ0n) is 12.1. The molecule has 106 valence electrons. The molecule has 19 heavy (non-hydrogen) atoms. The van der Waals surface area contributed by atoms with Crippen molar-refractivity contribution < 1.29 is 14.6 Å². The first-order valence-corrected chi connectivity index (χ1v) is 7.07. The number of carboxylic acid groups (broad SMARTS) is 1. The fourth-order valence-corrected chi connectivity index (χ4v) is 2.28. The van der Waals surface area contributed by atoms with E-state index in [4.69, 9.17) is 9.84 Å². The molecule has 2 unspecified atom stereocenters. The Morgan fingerprint density at radius 2 is 2.00 bits per heavy atom. The highest BCUT2D eigenvalue weighted by Crippen LogP contribution is 2.23. The first-order valence-electron chi connectivity index (χ1n) is 7.07. The van der Waals surface area contributed by atoms with Crippen molar-refractivity contribution in [2.24, 2.45) is 5.92 Å². The average molecular weight is 264 g/mol. The minimum absolute atomic E-state index is 0.0852. The van der Waals surface area contributed by atoms with Gasteiger partial charge in [0.1, 0.15) is 11.3 Å². The molecule has 3 heteroatoms. The number of rotatable bonds is 8. The van der Waals surface area contributed by atoms with Crippen LogP contribution in [0.5, 0.6) is 5.75 Å². The molecule has 1 N–H and O–H groups in total. The van der Waals surface area contributed by atoms with Crippen molar-refractivity contribution in [1.82, 2.24) is 0 Å². The molecule has 0 fully saturated rings. The second-order valence-electron chi connectivity index (χ2n) is 5.08. The van der Waals surface area contributed by atoms with Crippen LogP contribution in [-0.2, 0) is 0 Å². The highest BCUT2D eigenvalue weighted by atomic mass is 16.5. The van der Waals surface area contributed by atoms with E-state index >= 15 is 0 Å². The van der Waals surface area contributed by atoms with E-state index in [0.29, 0.717) is 11.7 Å². The third kappa shape index (κ3) is 4.93. The monoisotopic (exact) mass is 264 g/mol. The predicted octanol–water partition coefficient (Wildman–Crippen LogP) is 4.37. The molecule has 0 saturated carbocycles. The Hall–Kier alpha value is -1.51. The minimum Gasteiger partial charge on any atom is -0.490 e. The lowest BCUT2D eigenvalue weighted by Crippen LogP contribution is -2.20. The highest BCUT2D eigenvalue weighted by Gasteiger charge is 2.16. The van der Waals surface area contributed by atoms with Gasteiger partial charge in [0.05, 0.1) is 6.10 Å². The zero-order valence-corrected chi connectivity index (χ0v) is 12.1. The molecule has 0 aliphatic heterocycles. The number of ether oxygens (including phenoxy) is 1. The lowest BCUT2D eigenvalue weighted by atomic mass is 9.97. The molecule has 1 aromatic carbocycles. The van der Waals surface area contributed by atoms with Gasteiger partial charge in [-0.1, -0.05) is 45.7 Å². The molecule has 0 spiro atoms. The predicted molar refractivity (Wildman–Crippen MR) is 76.8 cm³/mol. The summed E-state index contributed by atoms with van der Waals surface area (Å²) in [5.41, 5.74) is 0.240. The smallest absolute Gasteiger partial charge is 0.339 e. The molecule has 1 aromatic rings. The van der Waals surface area contributed by atoms with Crippen molar-refractivity contribution in [3.05, 3.63) is 29.8 Å². The number of benzene rings is 1. The van der Waals surface area contributed by atoms with Crippen LogP contribution in [0.3, 0.4) is 0 Å². The first kappa shape index (κ1) is 15.5. The summed E-state index contributed by atoms with van der Waals surface area (Å²) in [5.74, 6) is 0.143. The fourth-order valence-electron chi connectivity index (χ4n) is 2.28. The van der Waals surface area contributed by atoms with Crippen molar-refractivity contribution in [2.75, 3.05) is 0 Å². The van der Waals surface area contributed by atoms with Gasteiger partial charge in [-0.15, -0.1) is 0 Å². The summed E-state index contributed by atoms with van der Waals surface area (Å²) in [6.45, 7) is 6.48. The van der Waals surface area contributed by atoms with Crippen LogP contribution in [0.15, 0.2) is 24.3 Å². The average Bonchev–Trinajstić information content (AvgIpc) is 2.38. The van der Waals surface area contributed by atoms with Crippen LogP contribution < -0.4 is 4.74 Å². The van der Waals surface area contributed by atoms with Gasteiger partial charge in [-0.2, -0.15) is 0 Å². The molecule has 2 atom stereocenters. The fraction of sp³-hybridized carbons (Fsp3) is 0.562. The van der Waals surface area contributed by atoms with E-state index in [9.17, 15) is 4.79 Å². The Balaban J connectivity index is 2.73. The van der Waals surface area contributed by atoms with Crippen molar-refractivity contribution in [1.29, 1.82) is 0 Å². The molecule has 0 radical (unpaired) electrons. The largest absolute Gasteiger partial charge is 0.490 e. The third-order valence-corrected chi connectivity index (χ3v) is 3.31. The van der Waals surface area contributed by atoms with Gasteiger partial charge in [-0.25, -0.2) is 4.79 Å². The van der Waals surface area contributed by atoms with E-state index in [0.717, 1.165) is 12.8 Å². The van der Waals surface area contributed by atoms with Crippen LogP contribution in [-0.4, -0.2) is 17.2 Å². The van der Waals surface area contributed by atoms with E-state index in [2.05, 4.69) is 20.8 Å². The normalized spacial score (nSPS) is 13.8. The molecule has 0 bridgehead atoms. The lowest BCUT2D eigenvalue weighted by molar-refractivity contribution is 0.0687. The molecule has 0 saturated heterocycles.